The fourth-order valence-corrected chi connectivity index (χ4v) is 2.35. The summed E-state index contributed by atoms with van der Waals surface area (Å²) in [6, 6.07) is 12.8. The van der Waals surface area contributed by atoms with Gasteiger partial charge >= 0.3 is 5.97 Å². The van der Waals surface area contributed by atoms with Crippen LogP contribution in [-0.2, 0) is 7.05 Å². The monoisotopic (exact) mass is 371 g/mol. The number of carboxylic acid groups (broad SMARTS) is 1. The molecule has 0 radical (unpaired) electrons. The van der Waals surface area contributed by atoms with E-state index in [0.717, 1.165) is 4.68 Å². The Morgan fingerprint density at radius 3 is 2.65 bits per heavy atom. The van der Waals surface area contributed by atoms with E-state index in [0.29, 0.717) is 16.5 Å². The largest absolute Gasteiger partial charge is 0.478 e. The second kappa shape index (κ2) is 7.28. The molecule has 3 rings (SSSR count). The molecule has 2 aromatic carbocycles. The van der Waals surface area contributed by atoms with Crippen molar-refractivity contribution in [1.82, 2.24) is 9.78 Å². The molecule has 0 amide bonds. The molecule has 8 heteroatoms. The summed E-state index contributed by atoms with van der Waals surface area (Å²) in [7, 11) is 1.51. The zero-order valence-corrected chi connectivity index (χ0v) is 14.4. The first kappa shape index (κ1) is 17.5. The van der Waals surface area contributed by atoms with Gasteiger partial charge in [0, 0.05) is 17.8 Å². The highest BCUT2D eigenvalue weighted by Gasteiger charge is 2.14. The Labute approximate surface area is 153 Å². The van der Waals surface area contributed by atoms with Crippen molar-refractivity contribution in [1.29, 1.82) is 0 Å². The van der Waals surface area contributed by atoms with Gasteiger partial charge in [-0.15, -0.1) is 0 Å². The molecular formula is C18H14ClN3O4. The van der Waals surface area contributed by atoms with E-state index in [1.165, 1.54) is 25.4 Å². The molecule has 2 N–H and O–H groups in total. The third-order valence-corrected chi connectivity index (χ3v) is 3.77. The van der Waals surface area contributed by atoms with E-state index < -0.39 is 11.5 Å². The fraction of sp³-hybridized carbons (Fsp3) is 0.0556. The minimum atomic E-state index is -1.06. The van der Waals surface area contributed by atoms with Crippen LogP contribution in [0.5, 0.6) is 11.5 Å². The van der Waals surface area contributed by atoms with Gasteiger partial charge in [0.2, 0.25) is 0 Å². The molecule has 0 aliphatic carbocycles. The molecule has 0 aliphatic rings. The Morgan fingerprint density at radius 1 is 1.23 bits per heavy atom. The molecule has 0 saturated carbocycles. The van der Waals surface area contributed by atoms with Gasteiger partial charge in [-0.3, -0.25) is 4.79 Å². The molecule has 132 valence electrons. The van der Waals surface area contributed by atoms with E-state index in [-0.39, 0.29) is 17.0 Å². The minimum Gasteiger partial charge on any atom is -0.478 e. The quantitative estimate of drug-likeness (QED) is 0.710. The van der Waals surface area contributed by atoms with Gasteiger partial charge in [-0.05, 0) is 42.5 Å². The smallest absolute Gasteiger partial charge is 0.335 e. The maximum Gasteiger partial charge on any atom is 0.335 e. The Bertz CT molecular complexity index is 1020. The van der Waals surface area contributed by atoms with Gasteiger partial charge in [-0.25, -0.2) is 9.48 Å². The highest BCUT2D eigenvalue weighted by Crippen LogP contribution is 2.29. The summed E-state index contributed by atoms with van der Waals surface area (Å²) in [5.41, 5.74) is 0.257. The van der Waals surface area contributed by atoms with E-state index in [2.05, 4.69) is 10.4 Å². The number of nitrogens with zero attached hydrogens (tertiary/aromatic N) is 2. The number of benzene rings is 2. The SMILES string of the molecule is Cn1ncc(Oc2ccc(Cl)cc2)c(Nc2cccc(C(=O)O)c2)c1=O. The van der Waals surface area contributed by atoms with Gasteiger partial charge in [-0.2, -0.15) is 5.10 Å². The van der Waals surface area contributed by atoms with Crippen molar-refractivity contribution in [3.63, 3.8) is 0 Å². The summed E-state index contributed by atoms with van der Waals surface area (Å²) in [6.45, 7) is 0. The number of ether oxygens (including phenoxy) is 1. The van der Waals surface area contributed by atoms with Crippen LogP contribution in [0.3, 0.4) is 0 Å². The van der Waals surface area contributed by atoms with Crippen LogP contribution in [0.15, 0.2) is 59.5 Å². The highest BCUT2D eigenvalue weighted by molar-refractivity contribution is 6.30. The van der Waals surface area contributed by atoms with E-state index in [1.807, 2.05) is 0 Å². The Balaban J connectivity index is 1.98. The van der Waals surface area contributed by atoms with E-state index in [9.17, 15) is 9.59 Å². The zero-order valence-electron chi connectivity index (χ0n) is 13.6. The van der Waals surface area contributed by atoms with Crippen molar-refractivity contribution in [2.45, 2.75) is 0 Å². The number of rotatable bonds is 5. The van der Waals surface area contributed by atoms with Crippen molar-refractivity contribution in [2.24, 2.45) is 7.05 Å². The van der Waals surface area contributed by atoms with Gasteiger partial charge in [0.15, 0.2) is 11.4 Å². The highest BCUT2D eigenvalue weighted by atomic mass is 35.5. The lowest BCUT2D eigenvalue weighted by Gasteiger charge is -2.13. The third kappa shape index (κ3) is 3.84. The fourth-order valence-electron chi connectivity index (χ4n) is 2.22. The van der Waals surface area contributed by atoms with Crippen molar-refractivity contribution in [2.75, 3.05) is 5.32 Å². The first-order valence-corrected chi connectivity index (χ1v) is 7.92. The number of aromatic nitrogens is 2. The number of aromatic carboxylic acids is 1. The molecule has 0 unspecified atom stereocenters. The maximum absolute atomic E-state index is 12.5. The molecule has 0 atom stereocenters. The van der Waals surface area contributed by atoms with Crippen LogP contribution in [-0.4, -0.2) is 20.9 Å². The number of anilines is 2. The minimum absolute atomic E-state index is 0.0982. The van der Waals surface area contributed by atoms with Crippen LogP contribution in [0.4, 0.5) is 11.4 Å². The van der Waals surface area contributed by atoms with Gasteiger partial charge in [0.1, 0.15) is 5.75 Å². The number of halogens is 1. The summed E-state index contributed by atoms with van der Waals surface area (Å²) < 4.78 is 6.89. The molecule has 7 nitrogen and oxygen atoms in total. The topological polar surface area (TPSA) is 93.4 Å². The molecule has 0 saturated heterocycles. The lowest BCUT2D eigenvalue weighted by atomic mass is 10.2. The second-order valence-electron chi connectivity index (χ2n) is 5.38. The Hall–Kier alpha value is -3.32. The van der Waals surface area contributed by atoms with Gasteiger partial charge in [0.05, 0.1) is 11.8 Å². The van der Waals surface area contributed by atoms with Gasteiger partial charge in [0.25, 0.3) is 5.56 Å². The number of carboxylic acids is 1. The molecular weight excluding hydrogens is 358 g/mol. The number of aryl methyl sites for hydroxylation is 1. The average Bonchev–Trinajstić information content (AvgIpc) is 2.63. The van der Waals surface area contributed by atoms with Crippen LogP contribution in [0, 0.1) is 0 Å². The summed E-state index contributed by atoms with van der Waals surface area (Å²) in [5, 5.41) is 16.5. The predicted octanol–water partition coefficient (Wildman–Crippen LogP) is 3.67. The van der Waals surface area contributed by atoms with Crippen LogP contribution in [0.25, 0.3) is 0 Å². The zero-order chi connectivity index (χ0) is 18.7. The lowest BCUT2D eigenvalue weighted by Crippen LogP contribution is -2.22. The predicted molar refractivity (Wildman–Crippen MR) is 97.7 cm³/mol. The summed E-state index contributed by atoms with van der Waals surface area (Å²) >= 11 is 5.86. The van der Waals surface area contributed by atoms with Crippen LogP contribution < -0.4 is 15.6 Å². The summed E-state index contributed by atoms with van der Waals surface area (Å²) in [4.78, 5) is 23.6. The van der Waals surface area contributed by atoms with Crippen molar-refractivity contribution >= 4 is 28.9 Å². The molecule has 1 heterocycles. The molecule has 26 heavy (non-hydrogen) atoms. The van der Waals surface area contributed by atoms with E-state index in [4.69, 9.17) is 21.4 Å². The Kier molecular flexibility index (Phi) is 4.90. The van der Waals surface area contributed by atoms with Gasteiger partial charge in [-0.1, -0.05) is 17.7 Å². The molecule has 3 aromatic rings. The average molecular weight is 372 g/mol. The standard InChI is InChI=1S/C18H14ClN3O4/c1-22-17(23)16(21-13-4-2-3-11(9-13)18(24)25)15(10-20-22)26-14-7-5-12(19)6-8-14/h2-10,21H,1H3,(H,24,25). The molecule has 1 aromatic heterocycles. The van der Waals surface area contributed by atoms with E-state index >= 15 is 0 Å². The molecule has 0 fully saturated rings. The number of nitrogens with one attached hydrogen (secondary N) is 1. The maximum atomic E-state index is 12.5. The third-order valence-electron chi connectivity index (χ3n) is 3.52. The number of hydrogen-bond donors (Lipinski definition) is 2. The van der Waals surface area contributed by atoms with Crippen molar-refractivity contribution in [3.8, 4) is 11.5 Å². The summed E-state index contributed by atoms with van der Waals surface area (Å²) in [6.07, 6.45) is 1.40. The lowest BCUT2D eigenvalue weighted by molar-refractivity contribution is 0.0697. The van der Waals surface area contributed by atoms with E-state index in [1.54, 1.807) is 36.4 Å². The molecule has 0 spiro atoms. The first-order chi connectivity index (χ1) is 12.4. The Morgan fingerprint density at radius 2 is 1.96 bits per heavy atom. The molecule has 0 bridgehead atoms. The molecule has 0 aliphatic heterocycles. The van der Waals surface area contributed by atoms with Crippen LogP contribution >= 0.6 is 11.6 Å². The summed E-state index contributed by atoms with van der Waals surface area (Å²) in [5.74, 6) is -0.378. The van der Waals surface area contributed by atoms with Crippen LogP contribution in [0.2, 0.25) is 5.02 Å². The number of hydrogen-bond acceptors (Lipinski definition) is 5. The normalized spacial score (nSPS) is 10.4. The van der Waals surface area contributed by atoms with Crippen molar-refractivity contribution in [3.05, 3.63) is 75.7 Å². The second-order valence-corrected chi connectivity index (χ2v) is 5.82. The van der Waals surface area contributed by atoms with Gasteiger partial charge < -0.3 is 15.2 Å². The first-order valence-electron chi connectivity index (χ1n) is 7.54. The number of carbonyl (C=O) groups is 1. The van der Waals surface area contributed by atoms with Crippen molar-refractivity contribution < 1.29 is 14.6 Å². The van der Waals surface area contributed by atoms with Crippen LogP contribution in [0.1, 0.15) is 10.4 Å².